The van der Waals surface area contributed by atoms with E-state index >= 15 is 0 Å². The fourth-order valence-electron chi connectivity index (χ4n) is 3.40. The van der Waals surface area contributed by atoms with Crippen LogP contribution in [0.5, 0.6) is 11.5 Å². The molecule has 0 bridgehead atoms. The average molecular weight is 455 g/mol. The van der Waals surface area contributed by atoms with Crippen molar-refractivity contribution < 1.29 is 14.2 Å². The van der Waals surface area contributed by atoms with Crippen LogP contribution >= 0.6 is 15.9 Å². The lowest BCUT2D eigenvalue weighted by Gasteiger charge is -2.33. The molecule has 3 N–H and O–H groups in total. The van der Waals surface area contributed by atoms with Gasteiger partial charge in [-0.25, -0.2) is 4.39 Å². The van der Waals surface area contributed by atoms with Crippen LogP contribution in [-0.4, -0.2) is 12.2 Å². The second-order valence-electron chi connectivity index (χ2n) is 6.79. The zero-order valence-corrected chi connectivity index (χ0v) is 17.3. The van der Waals surface area contributed by atoms with Gasteiger partial charge in [0.25, 0.3) is 0 Å². The van der Waals surface area contributed by atoms with Crippen LogP contribution < -0.4 is 15.4 Å². The van der Waals surface area contributed by atoms with Crippen molar-refractivity contribution in [2.75, 3.05) is 7.11 Å². The Hall–Kier alpha value is -2.83. The maximum atomic E-state index is 13.4. The molecule has 0 amide bonds. The number of methoxy groups -OCH3 is 1. The molecule has 1 aliphatic rings. The molecule has 4 rings (SSSR count). The lowest BCUT2D eigenvalue weighted by Crippen LogP contribution is -2.39. The van der Waals surface area contributed by atoms with Gasteiger partial charge in [0.15, 0.2) is 0 Å². The molecule has 6 heteroatoms. The van der Waals surface area contributed by atoms with E-state index in [4.69, 9.17) is 4.74 Å². The molecule has 0 radical (unpaired) electrons. The number of rotatable bonds is 4. The number of hydrogen-bond donors (Lipinski definition) is 3. The third-order valence-corrected chi connectivity index (χ3v) is 5.38. The van der Waals surface area contributed by atoms with E-state index in [0.29, 0.717) is 0 Å². The molecular formula is C23H20BrFN2O2. The van der Waals surface area contributed by atoms with Crippen LogP contribution in [0.25, 0.3) is 5.70 Å². The molecule has 2 unspecified atom stereocenters. The molecule has 2 atom stereocenters. The summed E-state index contributed by atoms with van der Waals surface area (Å²) in [5, 5.41) is 17.4. The molecule has 0 aromatic heterocycles. The Morgan fingerprint density at radius 1 is 1.03 bits per heavy atom. The number of hydrogen-bond acceptors (Lipinski definition) is 4. The Kier molecular flexibility index (Phi) is 5.56. The number of halogens is 2. The van der Waals surface area contributed by atoms with Gasteiger partial charge in [-0.1, -0.05) is 40.2 Å². The molecule has 29 heavy (non-hydrogen) atoms. The molecule has 0 saturated heterocycles. The van der Waals surface area contributed by atoms with E-state index in [2.05, 4.69) is 26.6 Å². The molecular weight excluding hydrogens is 435 g/mol. The van der Waals surface area contributed by atoms with Gasteiger partial charge in [0.05, 0.1) is 13.2 Å². The Morgan fingerprint density at radius 2 is 1.83 bits per heavy atom. The fourth-order valence-corrected chi connectivity index (χ4v) is 3.78. The highest BCUT2D eigenvalue weighted by atomic mass is 79.9. The third-order valence-electron chi connectivity index (χ3n) is 4.89. The van der Waals surface area contributed by atoms with Crippen LogP contribution in [-0.2, 0) is 0 Å². The van der Waals surface area contributed by atoms with Gasteiger partial charge in [-0.3, -0.25) is 5.32 Å². The van der Waals surface area contributed by atoms with Crippen molar-refractivity contribution in [2.24, 2.45) is 0 Å². The van der Waals surface area contributed by atoms with E-state index in [1.165, 1.54) is 12.1 Å². The predicted molar refractivity (Wildman–Crippen MR) is 115 cm³/mol. The molecule has 0 spiro atoms. The molecule has 0 saturated carbocycles. The van der Waals surface area contributed by atoms with E-state index in [1.54, 1.807) is 31.4 Å². The lowest BCUT2D eigenvalue weighted by molar-refractivity contribution is 0.412. The smallest absolute Gasteiger partial charge is 0.123 e. The number of nitrogens with one attached hydrogen (secondary N) is 2. The summed E-state index contributed by atoms with van der Waals surface area (Å²) in [7, 11) is 1.63. The predicted octanol–water partition coefficient (Wildman–Crippen LogP) is 5.28. The van der Waals surface area contributed by atoms with Crippen LogP contribution in [0.1, 0.15) is 28.9 Å². The molecule has 148 valence electrons. The van der Waals surface area contributed by atoms with E-state index in [0.717, 1.165) is 32.6 Å². The molecule has 3 aromatic rings. The van der Waals surface area contributed by atoms with Gasteiger partial charge < -0.3 is 15.2 Å². The second-order valence-corrected chi connectivity index (χ2v) is 7.70. The zero-order valence-electron chi connectivity index (χ0n) is 15.7. The number of phenolic OH excluding ortho intramolecular Hbond substituents is 1. The third kappa shape index (κ3) is 4.28. The second kappa shape index (κ2) is 8.27. The van der Waals surface area contributed by atoms with Crippen LogP contribution in [0, 0.1) is 5.82 Å². The Morgan fingerprint density at radius 3 is 2.59 bits per heavy atom. The Bertz CT molecular complexity index is 1050. The van der Waals surface area contributed by atoms with Gasteiger partial charge in [-0.05, 0) is 54.1 Å². The van der Waals surface area contributed by atoms with Gasteiger partial charge in [0.2, 0.25) is 0 Å². The maximum absolute atomic E-state index is 13.4. The summed E-state index contributed by atoms with van der Waals surface area (Å²) in [5.74, 6) is 0.671. The highest BCUT2D eigenvalue weighted by Crippen LogP contribution is 2.35. The first-order chi connectivity index (χ1) is 14.0. The highest BCUT2D eigenvalue weighted by molar-refractivity contribution is 9.10. The van der Waals surface area contributed by atoms with Crippen molar-refractivity contribution in [3.05, 3.63) is 99.8 Å². The minimum absolute atomic E-state index is 0.201. The monoisotopic (exact) mass is 454 g/mol. The number of ether oxygens (including phenoxy) is 1. The number of benzene rings is 3. The van der Waals surface area contributed by atoms with Crippen molar-refractivity contribution in [2.45, 2.75) is 12.2 Å². The van der Waals surface area contributed by atoms with E-state index < -0.39 is 0 Å². The maximum Gasteiger partial charge on any atom is 0.123 e. The highest BCUT2D eigenvalue weighted by Gasteiger charge is 2.26. The topological polar surface area (TPSA) is 53.5 Å². The van der Waals surface area contributed by atoms with Crippen molar-refractivity contribution in [1.29, 1.82) is 0 Å². The first-order valence-electron chi connectivity index (χ1n) is 9.16. The number of aromatic hydroxyl groups is 1. The van der Waals surface area contributed by atoms with Crippen molar-refractivity contribution in [1.82, 2.24) is 10.6 Å². The largest absolute Gasteiger partial charge is 0.508 e. The van der Waals surface area contributed by atoms with Crippen molar-refractivity contribution >= 4 is 21.6 Å². The van der Waals surface area contributed by atoms with E-state index in [9.17, 15) is 9.50 Å². The van der Waals surface area contributed by atoms with Crippen LogP contribution in [0.15, 0.2) is 77.3 Å². The van der Waals surface area contributed by atoms with Crippen molar-refractivity contribution in [3.63, 3.8) is 0 Å². The summed E-state index contributed by atoms with van der Waals surface area (Å²) in [4.78, 5) is 0. The first kappa shape index (κ1) is 19.5. The minimum atomic E-state index is -0.283. The molecule has 0 fully saturated rings. The normalized spacial score (nSPS) is 18.7. The molecule has 1 heterocycles. The summed E-state index contributed by atoms with van der Waals surface area (Å²) in [6.07, 6.45) is 1.75. The number of phenols is 1. The Balaban J connectivity index is 1.78. The Labute approximate surface area is 177 Å². The summed E-state index contributed by atoms with van der Waals surface area (Å²) in [5.41, 5.74) is 3.48. The SMILES string of the molecule is COc1cccc(C2=CC(c3cc(Br)ccc3O)NC(c3ccc(F)cc3)N2)c1. The molecule has 0 aliphatic carbocycles. The molecule has 3 aromatic carbocycles. The van der Waals surface area contributed by atoms with Crippen LogP contribution in [0.3, 0.4) is 0 Å². The van der Waals surface area contributed by atoms with Gasteiger partial charge in [0, 0.05) is 21.3 Å². The summed E-state index contributed by atoms with van der Waals surface area (Å²) in [6, 6.07) is 19.2. The van der Waals surface area contributed by atoms with Crippen LogP contribution in [0.4, 0.5) is 4.39 Å². The summed E-state index contributed by atoms with van der Waals surface area (Å²) < 4.78 is 19.6. The van der Waals surface area contributed by atoms with Crippen molar-refractivity contribution in [3.8, 4) is 11.5 Å². The minimum Gasteiger partial charge on any atom is -0.508 e. The standard InChI is InChI=1S/C23H20BrFN2O2/c1-29-18-4-2-3-15(11-18)20-13-21(19-12-16(24)7-10-22(19)28)27-23(26-20)14-5-8-17(25)9-6-14/h2-13,21,23,26-28H,1H3. The van der Waals surface area contributed by atoms with E-state index in [-0.39, 0.29) is 23.8 Å². The van der Waals surface area contributed by atoms with Crippen LogP contribution in [0.2, 0.25) is 0 Å². The molecule has 1 aliphatic heterocycles. The summed E-state index contributed by atoms with van der Waals surface area (Å²) in [6.45, 7) is 0. The van der Waals surface area contributed by atoms with Gasteiger partial charge in [-0.2, -0.15) is 0 Å². The fraction of sp³-hybridized carbons (Fsp3) is 0.130. The van der Waals surface area contributed by atoms with Gasteiger partial charge in [-0.15, -0.1) is 0 Å². The van der Waals surface area contributed by atoms with Gasteiger partial charge >= 0.3 is 0 Å². The summed E-state index contributed by atoms with van der Waals surface area (Å²) >= 11 is 3.48. The zero-order chi connectivity index (χ0) is 20.4. The quantitative estimate of drug-likeness (QED) is 0.502. The average Bonchev–Trinajstić information content (AvgIpc) is 2.75. The molecule has 4 nitrogen and oxygen atoms in total. The van der Waals surface area contributed by atoms with Gasteiger partial charge in [0.1, 0.15) is 23.5 Å². The lowest BCUT2D eigenvalue weighted by atomic mass is 9.98. The first-order valence-corrected chi connectivity index (χ1v) is 9.95. The van der Waals surface area contributed by atoms with E-state index in [1.807, 2.05) is 36.4 Å².